The molecule has 4 rings (SSSR count). The van der Waals surface area contributed by atoms with Gasteiger partial charge in [0.25, 0.3) is 5.91 Å². The molecule has 0 aliphatic carbocycles. The first-order chi connectivity index (χ1) is 13.0. The van der Waals surface area contributed by atoms with E-state index in [0.29, 0.717) is 5.69 Å². The summed E-state index contributed by atoms with van der Waals surface area (Å²) >= 11 is 1.44. The monoisotopic (exact) mass is 377 g/mol. The van der Waals surface area contributed by atoms with E-state index in [9.17, 15) is 4.79 Å². The number of aryl methyl sites for hydroxylation is 2. The number of amides is 1. The zero-order valence-electron chi connectivity index (χ0n) is 15.3. The highest BCUT2D eigenvalue weighted by Crippen LogP contribution is 2.27. The van der Waals surface area contributed by atoms with Gasteiger partial charge in [0, 0.05) is 22.8 Å². The Morgan fingerprint density at radius 1 is 1.19 bits per heavy atom. The summed E-state index contributed by atoms with van der Waals surface area (Å²) < 4.78 is 7.12. The first kappa shape index (κ1) is 17.3. The van der Waals surface area contributed by atoms with Crippen LogP contribution in [-0.2, 0) is 0 Å². The van der Waals surface area contributed by atoms with Crippen molar-refractivity contribution in [2.45, 2.75) is 13.8 Å². The summed E-state index contributed by atoms with van der Waals surface area (Å²) in [7, 11) is 1.64. The predicted molar refractivity (Wildman–Crippen MR) is 109 cm³/mol. The Hall–Kier alpha value is -3.12. The van der Waals surface area contributed by atoms with Gasteiger partial charge in [0.1, 0.15) is 11.4 Å². The number of ether oxygens (including phenoxy) is 1. The summed E-state index contributed by atoms with van der Waals surface area (Å²) in [6.45, 7) is 4.02. The summed E-state index contributed by atoms with van der Waals surface area (Å²) in [6.07, 6.45) is 1.89. The molecule has 0 fully saturated rings. The number of nitrogens with one attached hydrogen (secondary N) is 1. The van der Waals surface area contributed by atoms with Crippen LogP contribution in [0.3, 0.4) is 0 Å². The van der Waals surface area contributed by atoms with E-state index in [2.05, 4.69) is 16.4 Å². The van der Waals surface area contributed by atoms with E-state index in [1.54, 1.807) is 7.11 Å². The van der Waals surface area contributed by atoms with Crippen LogP contribution < -0.4 is 10.1 Å². The lowest BCUT2D eigenvalue weighted by Gasteiger charge is -2.08. The minimum absolute atomic E-state index is 0.150. The van der Waals surface area contributed by atoms with Crippen molar-refractivity contribution in [2.24, 2.45) is 0 Å². The lowest BCUT2D eigenvalue weighted by molar-refractivity contribution is 0.102. The minimum atomic E-state index is -0.150. The molecule has 0 aliphatic rings. The zero-order valence-corrected chi connectivity index (χ0v) is 16.1. The number of anilines is 1. The number of hydrogen-bond donors (Lipinski definition) is 1. The number of imidazole rings is 1. The fourth-order valence-electron chi connectivity index (χ4n) is 3.01. The van der Waals surface area contributed by atoms with Crippen LogP contribution in [0.25, 0.3) is 16.2 Å². The molecule has 0 saturated carbocycles. The number of hydrogen-bond acceptors (Lipinski definition) is 4. The average molecular weight is 377 g/mol. The Bertz CT molecular complexity index is 1140. The molecule has 0 atom stereocenters. The Kier molecular flexibility index (Phi) is 4.41. The molecule has 136 valence electrons. The van der Waals surface area contributed by atoms with Gasteiger partial charge in [-0.25, -0.2) is 4.98 Å². The maximum atomic E-state index is 12.8. The van der Waals surface area contributed by atoms with Crippen LogP contribution >= 0.6 is 11.3 Å². The summed E-state index contributed by atoms with van der Waals surface area (Å²) in [4.78, 5) is 18.2. The van der Waals surface area contributed by atoms with Crippen LogP contribution in [-0.4, -0.2) is 22.4 Å². The molecule has 1 amide bonds. The van der Waals surface area contributed by atoms with Gasteiger partial charge in [-0.15, -0.1) is 11.3 Å². The molecule has 0 bridgehead atoms. The predicted octanol–water partition coefficient (Wildman–Crippen LogP) is 4.94. The standard InChI is InChI=1S/C21H19N3O2S/c1-13-7-8-17(14(2)9-13)22-20(25)19-12-27-21-23-18(11-24(19)21)15-5-4-6-16(10-15)26-3/h4-12H,1-3H3,(H,22,25). The van der Waals surface area contributed by atoms with Crippen molar-refractivity contribution in [3.05, 3.63) is 70.9 Å². The van der Waals surface area contributed by atoms with Crippen LogP contribution in [0.4, 0.5) is 5.69 Å². The number of aromatic nitrogens is 2. The highest BCUT2D eigenvalue weighted by Gasteiger charge is 2.16. The zero-order chi connectivity index (χ0) is 19.0. The second-order valence-electron chi connectivity index (χ2n) is 6.40. The van der Waals surface area contributed by atoms with Gasteiger partial charge in [-0.1, -0.05) is 29.8 Å². The van der Waals surface area contributed by atoms with Crippen molar-refractivity contribution in [1.82, 2.24) is 9.38 Å². The van der Waals surface area contributed by atoms with E-state index < -0.39 is 0 Å². The normalized spacial score (nSPS) is 10.9. The molecular formula is C21H19N3O2S. The second kappa shape index (κ2) is 6.89. The highest BCUT2D eigenvalue weighted by atomic mass is 32.1. The Balaban J connectivity index is 1.66. The second-order valence-corrected chi connectivity index (χ2v) is 7.24. The SMILES string of the molecule is COc1cccc(-c2cn3c(C(=O)Nc4ccc(C)cc4C)csc3n2)c1. The van der Waals surface area contributed by atoms with E-state index >= 15 is 0 Å². The summed E-state index contributed by atoms with van der Waals surface area (Å²) in [5.41, 5.74) is 5.35. The molecule has 0 unspecified atom stereocenters. The number of rotatable bonds is 4. The number of carbonyl (C=O) groups excluding carboxylic acids is 1. The highest BCUT2D eigenvalue weighted by molar-refractivity contribution is 7.15. The lowest BCUT2D eigenvalue weighted by atomic mass is 10.1. The van der Waals surface area contributed by atoms with Gasteiger partial charge >= 0.3 is 0 Å². The first-order valence-electron chi connectivity index (χ1n) is 8.55. The Morgan fingerprint density at radius 3 is 2.81 bits per heavy atom. The molecule has 1 N–H and O–H groups in total. The molecule has 5 nitrogen and oxygen atoms in total. The first-order valence-corrected chi connectivity index (χ1v) is 9.43. The van der Waals surface area contributed by atoms with Gasteiger partial charge in [0.15, 0.2) is 4.96 Å². The van der Waals surface area contributed by atoms with Gasteiger partial charge in [0.2, 0.25) is 0 Å². The average Bonchev–Trinajstić information content (AvgIpc) is 3.24. The lowest BCUT2D eigenvalue weighted by Crippen LogP contribution is -2.14. The molecule has 27 heavy (non-hydrogen) atoms. The molecule has 0 radical (unpaired) electrons. The van der Waals surface area contributed by atoms with Crippen LogP contribution in [0.5, 0.6) is 5.75 Å². The topological polar surface area (TPSA) is 55.6 Å². The minimum Gasteiger partial charge on any atom is -0.497 e. The van der Waals surface area contributed by atoms with Crippen LogP contribution in [0, 0.1) is 13.8 Å². The quantitative estimate of drug-likeness (QED) is 0.548. The van der Waals surface area contributed by atoms with Crippen molar-refractivity contribution in [3.63, 3.8) is 0 Å². The number of nitrogens with zero attached hydrogens (tertiary/aromatic N) is 2. The largest absolute Gasteiger partial charge is 0.497 e. The summed E-state index contributed by atoms with van der Waals surface area (Å²) in [5.74, 6) is 0.625. The summed E-state index contributed by atoms with van der Waals surface area (Å²) in [6, 6.07) is 13.7. The smallest absolute Gasteiger partial charge is 0.273 e. The molecule has 2 heterocycles. The van der Waals surface area contributed by atoms with E-state index in [0.717, 1.165) is 33.2 Å². The Labute approximate surface area is 161 Å². The fraction of sp³-hybridized carbons (Fsp3) is 0.143. The van der Waals surface area contributed by atoms with Crippen LogP contribution in [0.15, 0.2) is 54.0 Å². The number of thiazole rings is 1. The third-order valence-corrected chi connectivity index (χ3v) is 5.28. The van der Waals surface area contributed by atoms with Crippen molar-refractivity contribution < 1.29 is 9.53 Å². The maximum absolute atomic E-state index is 12.8. The third-order valence-electron chi connectivity index (χ3n) is 4.44. The van der Waals surface area contributed by atoms with E-state index in [1.807, 2.05) is 66.2 Å². The molecule has 0 spiro atoms. The van der Waals surface area contributed by atoms with Gasteiger partial charge < -0.3 is 10.1 Å². The van der Waals surface area contributed by atoms with Crippen LogP contribution in [0.2, 0.25) is 0 Å². The van der Waals surface area contributed by atoms with Crippen molar-refractivity contribution in [1.29, 1.82) is 0 Å². The molecule has 0 aliphatic heterocycles. The van der Waals surface area contributed by atoms with Gasteiger partial charge in [-0.2, -0.15) is 0 Å². The fourth-order valence-corrected chi connectivity index (χ4v) is 3.86. The van der Waals surface area contributed by atoms with Crippen LogP contribution in [0.1, 0.15) is 21.6 Å². The molecule has 6 heteroatoms. The molecular weight excluding hydrogens is 358 g/mol. The molecule has 0 saturated heterocycles. The van der Waals surface area contributed by atoms with Gasteiger partial charge in [-0.3, -0.25) is 9.20 Å². The number of benzene rings is 2. The molecule has 2 aromatic heterocycles. The van der Waals surface area contributed by atoms with E-state index in [-0.39, 0.29) is 5.91 Å². The van der Waals surface area contributed by atoms with Gasteiger partial charge in [-0.05, 0) is 37.6 Å². The van der Waals surface area contributed by atoms with Crippen molar-refractivity contribution in [3.8, 4) is 17.0 Å². The number of carbonyl (C=O) groups is 1. The molecule has 2 aromatic carbocycles. The summed E-state index contributed by atoms with van der Waals surface area (Å²) in [5, 5.41) is 4.83. The van der Waals surface area contributed by atoms with E-state index in [4.69, 9.17) is 4.74 Å². The van der Waals surface area contributed by atoms with E-state index in [1.165, 1.54) is 16.9 Å². The van der Waals surface area contributed by atoms with Crippen molar-refractivity contribution in [2.75, 3.05) is 12.4 Å². The Morgan fingerprint density at radius 2 is 2.04 bits per heavy atom. The third kappa shape index (κ3) is 3.31. The number of fused-ring (bicyclic) bond motifs is 1. The van der Waals surface area contributed by atoms with Gasteiger partial charge in [0.05, 0.1) is 12.8 Å². The maximum Gasteiger partial charge on any atom is 0.273 e. The van der Waals surface area contributed by atoms with Crippen molar-refractivity contribution >= 4 is 27.9 Å². The molecule has 4 aromatic rings. The number of methoxy groups -OCH3 is 1.